The Bertz CT molecular complexity index is 802. The number of halogens is 2. The average Bonchev–Trinajstić information content (AvgIpc) is 2.90. The number of aromatic nitrogens is 1. The van der Waals surface area contributed by atoms with Crippen LogP contribution in [0.4, 0.5) is 4.39 Å². The van der Waals surface area contributed by atoms with E-state index in [0.29, 0.717) is 9.69 Å². The predicted octanol–water partition coefficient (Wildman–Crippen LogP) is 5.18. The van der Waals surface area contributed by atoms with Gasteiger partial charge >= 0.3 is 0 Å². The summed E-state index contributed by atoms with van der Waals surface area (Å²) in [5, 5.41) is 0.317. The molecular formula is C18H22ClFN2OS. The van der Waals surface area contributed by atoms with Gasteiger partial charge < -0.3 is 0 Å². The highest BCUT2D eigenvalue weighted by Crippen LogP contribution is 2.19. The fourth-order valence-electron chi connectivity index (χ4n) is 2.15. The summed E-state index contributed by atoms with van der Waals surface area (Å²) in [4.78, 5) is 16.6. The number of carbonyl (C=O) groups excluding carboxylic acids is 1. The molecule has 0 unspecified atom stereocenters. The van der Waals surface area contributed by atoms with Crippen LogP contribution in [-0.2, 0) is 12.0 Å². The molecule has 24 heavy (non-hydrogen) atoms. The van der Waals surface area contributed by atoms with Gasteiger partial charge in [0.05, 0.1) is 5.56 Å². The molecule has 0 N–H and O–H groups in total. The summed E-state index contributed by atoms with van der Waals surface area (Å²) in [5.41, 5.74) is 0.830. The first kappa shape index (κ1) is 18.9. The van der Waals surface area contributed by atoms with Crippen LogP contribution in [-0.4, -0.2) is 9.86 Å². The van der Waals surface area contributed by atoms with Gasteiger partial charge in [-0.15, -0.1) is 0 Å². The number of benzene rings is 1. The second kappa shape index (κ2) is 7.62. The van der Waals surface area contributed by atoms with Crippen molar-refractivity contribution >= 4 is 29.0 Å². The van der Waals surface area contributed by atoms with Gasteiger partial charge in [-0.05, 0) is 63.3 Å². The number of hydrogen-bond acceptors (Lipinski definition) is 2. The van der Waals surface area contributed by atoms with Crippen LogP contribution in [0.5, 0.6) is 0 Å². The standard InChI is InChI=1S/C18H22ClFN2OS/c1-5-6-7-12-11-22(18(2,3)4)24-17(12)21-16(23)14-10-13(19)8-9-15(14)20/h8-11H,5-7H2,1-4H3/b21-17-. The van der Waals surface area contributed by atoms with Gasteiger partial charge in [-0.1, -0.05) is 24.9 Å². The van der Waals surface area contributed by atoms with Gasteiger partial charge in [-0.2, -0.15) is 4.99 Å². The van der Waals surface area contributed by atoms with Crippen LogP contribution in [0.3, 0.4) is 0 Å². The molecule has 0 saturated heterocycles. The summed E-state index contributed by atoms with van der Waals surface area (Å²) >= 11 is 7.29. The second-order valence-electron chi connectivity index (χ2n) is 6.69. The molecule has 0 aliphatic heterocycles. The first-order valence-corrected chi connectivity index (χ1v) is 9.14. The van der Waals surface area contributed by atoms with Crippen molar-refractivity contribution in [2.45, 2.75) is 52.5 Å². The smallest absolute Gasteiger partial charge is 0.281 e. The van der Waals surface area contributed by atoms with Crippen LogP contribution in [0, 0.1) is 5.82 Å². The lowest BCUT2D eigenvalue weighted by Gasteiger charge is -2.19. The lowest BCUT2D eigenvalue weighted by molar-refractivity contribution is 0.0995. The molecule has 130 valence electrons. The van der Waals surface area contributed by atoms with E-state index >= 15 is 0 Å². The Balaban J connectivity index is 2.48. The first-order valence-electron chi connectivity index (χ1n) is 7.99. The van der Waals surface area contributed by atoms with E-state index in [1.54, 1.807) is 0 Å². The largest absolute Gasteiger partial charge is 0.298 e. The summed E-state index contributed by atoms with van der Waals surface area (Å²) in [6.45, 7) is 8.40. The highest BCUT2D eigenvalue weighted by Gasteiger charge is 2.17. The van der Waals surface area contributed by atoms with Crippen molar-refractivity contribution in [2.75, 3.05) is 0 Å². The third kappa shape index (κ3) is 4.54. The molecule has 0 aliphatic carbocycles. The van der Waals surface area contributed by atoms with E-state index in [2.05, 4.69) is 36.6 Å². The summed E-state index contributed by atoms with van der Waals surface area (Å²) in [5.74, 6) is -1.21. The number of amides is 1. The van der Waals surface area contributed by atoms with Crippen molar-refractivity contribution < 1.29 is 9.18 Å². The van der Waals surface area contributed by atoms with E-state index in [1.807, 2.05) is 6.20 Å². The number of unbranched alkanes of at least 4 members (excludes halogenated alkanes) is 1. The fraction of sp³-hybridized carbons (Fsp3) is 0.444. The third-order valence-corrected chi connectivity index (χ3v) is 5.17. The van der Waals surface area contributed by atoms with Crippen LogP contribution in [0.25, 0.3) is 0 Å². The molecule has 1 aromatic carbocycles. The zero-order valence-electron chi connectivity index (χ0n) is 14.4. The third-order valence-electron chi connectivity index (χ3n) is 3.56. The Morgan fingerprint density at radius 2 is 2.08 bits per heavy atom. The van der Waals surface area contributed by atoms with E-state index in [-0.39, 0.29) is 11.1 Å². The molecule has 0 saturated carbocycles. The molecule has 2 rings (SSSR count). The maximum Gasteiger partial charge on any atom is 0.281 e. The molecule has 1 heterocycles. The molecule has 0 fully saturated rings. The molecular weight excluding hydrogens is 347 g/mol. The molecule has 1 aromatic heterocycles. The first-order chi connectivity index (χ1) is 11.2. The van der Waals surface area contributed by atoms with Crippen LogP contribution in [0.2, 0.25) is 5.02 Å². The summed E-state index contributed by atoms with van der Waals surface area (Å²) in [7, 11) is 0. The van der Waals surface area contributed by atoms with Crippen LogP contribution < -0.4 is 4.67 Å². The molecule has 0 bridgehead atoms. The topological polar surface area (TPSA) is 34.4 Å². The maximum atomic E-state index is 13.9. The van der Waals surface area contributed by atoms with Crippen molar-refractivity contribution in [3.8, 4) is 0 Å². The van der Waals surface area contributed by atoms with Gasteiger partial charge in [0.25, 0.3) is 5.91 Å². The number of nitrogens with zero attached hydrogens (tertiary/aromatic N) is 2. The zero-order valence-corrected chi connectivity index (χ0v) is 16.0. The van der Waals surface area contributed by atoms with E-state index in [4.69, 9.17) is 11.6 Å². The van der Waals surface area contributed by atoms with Crippen molar-refractivity contribution in [3.05, 3.63) is 51.0 Å². The fourth-order valence-corrected chi connectivity index (χ4v) is 3.36. The van der Waals surface area contributed by atoms with Gasteiger partial charge in [0, 0.05) is 22.3 Å². The minimum absolute atomic E-state index is 0.0935. The van der Waals surface area contributed by atoms with Gasteiger partial charge in [0.2, 0.25) is 0 Å². The predicted molar refractivity (Wildman–Crippen MR) is 97.2 cm³/mol. The lowest BCUT2D eigenvalue weighted by Crippen LogP contribution is -2.18. The summed E-state index contributed by atoms with van der Waals surface area (Å²) in [6.07, 6.45) is 4.96. The monoisotopic (exact) mass is 368 g/mol. The van der Waals surface area contributed by atoms with Gasteiger partial charge in [-0.3, -0.25) is 8.75 Å². The average molecular weight is 369 g/mol. The minimum atomic E-state index is -0.608. The Morgan fingerprint density at radius 3 is 2.71 bits per heavy atom. The molecule has 2 aromatic rings. The van der Waals surface area contributed by atoms with E-state index in [0.717, 1.165) is 24.8 Å². The number of hydrogen-bond donors (Lipinski definition) is 0. The summed E-state index contributed by atoms with van der Waals surface area (Å²) < 4.78 is 16.6. The molecule has 3 nitrogen and oxygen atoms in total. The van der Waals surface area contributed by atoms with E-state index in [9.17, 15) is 9.18 Å². The highest BCUT2D eigenvalue weighted by molar-refractivity contribution is 7.04. The van der Waals surface area contributed by atoms with Gasteiger partial charge in [0.1, 0.15) is 10.5 Å². The Hall–Kier alpha value is -1.46. The molecule has 0 spiro atoms. The Morgan fingerprint density at radius 1 is 1.38 bits per heavy atom. The van der Waals surface area contributed by atoms with Gasteiger partial charge in [-0.25, -0.2) is 4.39 Å². The van der Waals surface area contributed by atoms with Crippen LogP contribution in [0.1, 0.15) is 56.5 Å². The van der Waals surface area contributed by atoms with Gasteiger partial charge in [0.15, 0.2) is 0 Å². The van der Waals surface area contributed by atoms with Crippen molar-refractivity contribution in [1.82, 2.24) is 3.96 Å². The lowest BCUT2D eigenvalue weighted by atomic mass is 10.1. The molecule has 6 heteroatoms. The van der Waals surface area contributed by atoms with Crippen LogP contribution >= 0.6 is 23.1 Å². The van der Waals surface area contributed by atoms with Crippen molar-refractivity contribution in [3.63, 3.8) is 0 Å². The molecule has 1 amide bonds. The Labute approximate surface area is 151 Å². The normalized spacial score (nSPS) is 12.7. The second-order valence-corrected chi connectivity index (χ2v) is 8.09. The van der Waals surface area contributed by atoms with E-state index < -0.39 is 11.7 Å². The zero-order chi connectivity index (χ0) is 17.9. The summed E-state index contributed by atoms with van der Waals surface area (Å²) in [6, 6.07) is 3.92. The molecule has 0 radical (unpaired) electrons. The minimum Gasteiger partial charge on any atom is -0.298 e. The SMILES string of the molecule is CCCCc1cn(C(C)(C)C)s/c1=N\C(=O)c1cc(Cl)ccc1F. The highest BCUT2D eigenvalue weighted by atomic mass is 35.5. The van der Waals surface area contributed by atoms with Crippen LogP contribution in [0.15, 0.2) is 29.4 Å². The molecule has 0 aliphatic rings. The molecule has 0 atom stereocenters. The number of rotatable bonds is 4. The number of aryl methyl sites for hydroxylation is 1. The maximum absolute atomic E-state index is 13.9. The van der Waals surface area contributed by atoms with Crippen molar-refractivity contribution in [2.24, 2.45) is 4.99 Å². The quantitative estimate of drug-likeness (QED) is 0.732. The van der Waals surface area contributed by atoms with Crippen molar-refractivity contribution in [1.29, 1.82) is 0 Å². The van der Waals surface area contributed by atoms with E-state index in [1.165, 1.54) is 29.7 Å². The Kier molecular flexibility index (Phi) is 5.99. The number of carbonyl (C=O) groups is 1.